The van der Waals surface area contributed by atoms with Gasteiger partial charge in [0.2, 0.25) is 0 Å². The van der Waals surface area contributed by atoms with Crippen molar-refractivity contribution in [2.45, 2.75) is 19.9 Å². The van der Waals surface area contributed by atoms with Gasteiger partial charge in [-0.25, -0.2) is 0 Å². The van der Waals surface area contributed by atoms with E-state index in [1.807, 2.05) is 32.0 Å². The first-order valence-corrected chi connectivity index (χ1v) is 6.26. The summed E-state index contributed by atoms with van der Waals surface area (Å²) < 4.78 is 0. The Balaban J connectivity index is 0.00000120. The lowest BCUT2D eigenvalue weighted by Gasteiger charge is -2.11. The van der Waals surface area contributed by atoms with Crippen molar-refractivity contribution in [3.63, 3.8) is 0 Å². The third-order valence-corrected chi connectivity index (χ3v) is 4.24. The minimum atomic E-state index is 0. The van der Waals surface area contributed by atoms with E-state index in [0.717, 1.165) is 24.2 Å². The molecule has 0 spiro atoms. The molecule has 0 radical (unpaired) electrons. The maximum atomic E-state index is 12.2. The van der Waals surface area contributed by atoms with Crippen molar-refractivity contribution in [2.75, 3.05) is 13.1 Å². The van der Waals surface area contributed by atoms with Crippen LogP contribution >= 0.6 is 12.4 Å². The molecule has 3 rings (SSSR count). The number of aryl methyl sites for hydroxylation is 1. The Morgan fingerprint density at radius 1 is 1.28 bits per heavy atom. The molecule has 1 saturated carbocycles. The molecule has 3 nitrogen and oxygen atoms in total. The molecule has 0 bridgehead atoms. The lowest BCUT2D eigenvalue weighted by atomic mass is 10.0. The number of hydrogen-bond acceptors (Lipinski definition) is 2. The number of halogens is 1. The molecule has 2 aliphatic rings. The molecular formula is C14H19ClN2O. The summed E-state index contributed by atoms with van der Waals surface area (Å²) in [5, 5.41) is 6.50. The normalized spacial score (nSPS) is 28.2. The van der Waals surface area contributed by atoms with Gasteiger partial charge >= 0.3 is 0 Å². The van der Waals surface area contributed by atoms with Crippen molar-refractivity contribution in [3.05, 3.63) is 34.9 Å². The van der Waals surface area contributed by atoms with Gasteiger partial charge in [0.1, 0.15) is 0 Å². The van der Waals surface area contributed by atoms with Crippen LogP contribution in [0.2, 0.25) is 0 Å². The minimum absolute atomic E-state index is 0. The molecule has 2 atom stereocenters. The monoisotopic (exact) mass is 266 g/mol. The minimum Gasteiger partial charge on any atom is -0.349 e. The van der Waals surface area contributed by atoms with E-state index in [4.69, 9.17) is 0 Å². The van der Waals surface area contributed by atoms with E-state index in [2.05, 4.69) is 10.6 Å². The average molecular weight is 267 g/mol. The van der Waals surface area contributed by atoms with Crippen LogP contribution < -0.4 is 10.6 Å². The Bertz CT molecular complexity index is 465. The highest BCUT2D eigenvalue weighted by atomic mass is 35.5. The maximum absolute atomic E-state index is 12.2. The van der Waals surface area contributed by atoms with Gasteiger partial charge in [-0.1, -0.05) is 12.1 Å². The van der Waals surface area contributed by atoms with E-state index in [-0.39, 0.29) is 18.3 Å². The predicted octanol–water partition coefficient (Wildman–Crippen LogP) is 1.67. The smallest absolute Gasteiger partial charge is 0.251 e. The number of nitrogens with one attached hydrogen (secondary N) is 2. The predicted molar refractivity (Wildman–Crippen MR) is 74.3 cm³/mol. The summed E-state index contributed by atoms with van der Waals surface area (Å²) in [5.41, 5.74) is 3.09. The third-order valence-electron chi connectivity index (χ3n) is 4.24. The Kier molecular flexibility index (Phi) is 3.64. The van der Waals surface area contributed by atoms with Gasteiger partial charge in [-0.3, -0.25) is 4.79 Å². The van der Waals surface area contributed by atoms with Gasteiger partial charge in [-0.2, -0.15) is 0 Å². The lowest BCUT2D eigenvalue weighted by Crippen LogP contribution is -2.32. The maximum Gasteiger partial charge on any atom is 0.251 e. The highest BCUT2D eigenvalue weighted by molar-refractivity contribution is 5.96. The molecule has 1 aromatic rings. The summed E-state index contributed by atoms with van der Waals surface area (Å²) in [6, 6.07) is 6.31. The second-order valence-electron chi connectivity index (χ2n) is 5.23. The molecule has 1 aromatic carbocycles. The third kappa shape index (κ3) is 2.13. The molecule has 2 N–H and O–H groups in total. The SMILES string of the molecule is Cc1cccc(C(=O)NC2C3CNCC32)c1C.Cl. The van der Waals surface area contributed by atoms with E-state index in [1.54, 1.807) is 0 Å². The van der Waals surface area contributed by atoms with Gasteiger partial charge in [0.05, 0.1) is 0 Å². The average Bonchev–Trinajstić information content (AvgIpc) is 2.76. The van der Waals surface area contributed by atoms with Crippen LogP contribution in [0.5, 0.6) is 0 Å². The molecule has 4 heteroatoms. The number of benzene rings is 1. The molecule has 98 valence electrons. The van der Waals surface area contributed by atoms with E-state index >= 15 is 0 Å². The molecule has 1 heterocycles. The van der Waals surface area contributed by atoms with Crippen molar-refractivity contribution in [3.8, 4) is 0 Å². The summed E-state index contributed by atoms with van der Waals surface area (Å²) in [6.45, 7) is 6.17. The van der Waals surface area contributed by atoms with E-state index < -0.39 is 0 Å². The number of carbonyl (C=O) groups excluding carboxylic acids is 1. The van der Waals surface area contributed by atoms with Crippen molar-refractivity contribution in [2.24, 2.45) is 11.8 Å². The van der Waals surface area contributed by atoms with Crippen LogP contribution in [-0.2, 0) is 0 Å². The Morgan fingerprint density at radius 3 is 2.61 bits per heavy atom. The zero-order valence-corrected chi connectivity index (χ0v) is 11.5. The Labute approximate surface area is 114 Å². The first-order valence-electron chi connectivity index (χ1n) is 6.26. The number of fused-ring (bicyclic) bond motifs is 1. The van der Waals surface area contributed by atoms with Gasteiger partial charge in [-0.05, 0) is 42.9 Å². The van der Waals surface area contributed by atoms with Crippen LogP contribution in [0.3, 0.4) is 0 Å². The summed E-state index contributed by atoms with van der Waals surface area (Å²) in [7, 11) is 0. The highest BCUT2D eigenvalue weighted by Crippen LogP contribution is 2.41. The zero-order valence-electron chi connectivity index (χ0n) is 10.7. The lowest BCUT2D eigenvalue weighted by molar-refractivity contribution is 0.0946. The molecule has 1 aliphatic carbocycles. The zero-order chi connectivity index (χ0) is 12.0. The van der Waals surface area contributed by atoms with Gasteiger partial charge < -0.3 is 10.6 Å². The Hall–Kier alpha value is -1.06. The van der Waals surface area contributed by atoms with Crippen LogP contribution in [0, 0.1) is 25.7 Å². The summed E-state index contributed by atoms with van der Waals surface area (Å²) >= 11 is 0. The number of amides is 1. The van der Waals surface area contributed by atoms with E-state index in [0.29, 0.717) is 17.9 Å². The van der Waals surface area contributed by atoms with Gasteiger partial charge in [0.25, 0.3) is 5.91 Å². The molecule has 1 saturated heterocycles. The van der Waals surface area contributed by atoms with Crippen LogP contribution in [0.1, 0.15) is 21.5 Å². The van der Waals surface area contributed by atoms with E-state index in [9.17, 15) is 4.79 Å². The number of hydrogen-bond donors (Lipinski definition) is 2. The number of rotatable bonds is 2. The largest absolute Gasteiger partial charge is 0.349 e. The van der Waals surface area contributed by atoms with E-state index in [1.165, 1.54) is 5.56 Å². The first-order chi connectivity index (χ1) is 8.18. The fourth-order valence-corrected chi connectivity index (χ4v) is 2.86. The van der Waals surface area contributed by atoms with Crippen molar-refractivity contribution in [1.29, 1.82) is 0 Å². The summed E-state index contributed by atoms with van der Waals surface area (Å²) in [6.07, 6.45) is 0. The van der Waals surface area contributed by atoms with Gasteiger partial charge in [0, 0.05) is 24.7 Å². The molecule has 18 heavy (non-hydrogen) atoms. The quantitative estimate of drug-likeness (QED) is 0.855. The van der Waals surface area contributed by atoms with Crippen molar-refractivity contribution < 1.29 is 4.79 Å². The number of piperidine rings is 1. The summed E-state index contributed by atoms with van der Waals surface area (Å²) in [4.78, 5) is 12.2. The topological polar surface area (TPSA) is 41.1 Å². The molecule has 2 unspecified atom stereocenters. The molecule has 0 aromatic heterocycles. The number of carbonyl (C=O) groups is 1. The fourth-order valence-electron chi connectivity index (χ4n) is 2.86. The van der Waals surface area contributed by atoms with Gasteiger partial charge in [0.15, 0.2) is 0 Å². The fraction of sp³-hybridized carbons (Fsp3) is 0.500. The molecule has 2 fully saturated rings. The standard InChI is InChI=1S/C14H18N2O.ClH/c1-8-4-3-5-10(9(8)2)14(17)16-13-11-6-15-7-12(11)13;/h3-5,11-13,15H,6-7H2,1-2H3,(H,16,17);1H. The van der Waals surface area contributed by atoms with Crippen LogP contribution in [0.4, 0.5) is 0 Å². The second-order valence-corrected chi connectivity index (χ2v) is 5.23. The van der Waals surface area contributed by atoms with Crippen molar-refractivity contribution >= 4 is 18.3 Å². The first kappa shape index (κ1) is 13.4. The van der Waals surface area contributed by atoms with Crippen molar-refractivity contribution in [1.82, 2.24) is 10.6 Å². The van der Waals surface area contributed by atoms with Crippen LogP contribution in [-0.4, -0.2) is 25.0 Å². The molecular weight excluding hydrogens is 248 g/mol. The van der Waals surface area contributed by atoms with Crippen LogP contribution in [0.25, 0.3) is 0 Å². The Morgan fingerprint density at radius 2 is 1.94 bits per heavy atom. The second kappa shape index (κ2) is 4.90. The summed E-state index contributed by atoms with van der Waals surface area (Å²) in [5.74, 6) is 1.43. The molecule has 1 amide bonds. The molecule has 1 aliphatic heterocycles. The van der Waals surface area contributed by atoms with Gasteiger partial charge in [-0.15, -0.1) is 12.4 Å². The van der Waals surface area contributed by atoms with Crippen LogP contribution in [0.15, 0.2) is 18.2 Å². The highest BCUT2D eigenvalue weighted by Gasteiger charge is 2.53.